The Kier molecular flexibility index (Phi) is 7.06. The lowest BCUT2D eigenvalue weighted by molar-refractivity contribution is -0.118. The van der Waals surface area contributed by atoms with E-state index in [2.05, 4.69) is 20.3 Å². The fourth-order valence-electron chi connectivity index (χ4n) is 3.51. The Morgan fingerprint density at radius 3 is 2.67 bits per heavy atom. The molecule has 30 heavy (non-hydrogen) atoms. The standard InChI is InChI=1S/C21H22N4O3S2/c26-20(25-21-24-9-12-29-21)18(13-15-5-10-28-11-6-15)16-1-3-17(4-2-16)30(27)19-14-22-7-8-23-19/h1-4,7-9,12,14-15,18H,5-6,10-11,13H2,(H,24,25,26). The van der Waals surface area contributed by atoms with Crippen LogP contribution in [0.4, 0.5) is 5.13 Å². The number of nitrogens with zero attached hydrogens (tertiary/aromatic N) is 3. The predicted molar refractivity (Wildman–Crippen MR) is 115 cm³/mol. The average Bonchev–Trinajstić information content (AvgIpc) is 3.31. The summed E-state index contributed by atoms with van der Waals surface area (Å²) in [4.78, 5) is 26.0. The summed E-state index contributed by atoms with van der Waals surface area (Å²) in [6.45, 7) is 1.48. The molecule has 9 heteroatoms. The van der Waals surface area contributed by atoms with Crippen molar-refractivity contribution in [2.75, 3.05) is 18.5 Å². The number of benzene rings is 1. The van der Waals surface area contributed by atoms with Crippen molar-refractivity contribution in [3.05, 3.63) is 60.0 Å². The molecule has 0 aliphatic carbocycles. The molecular weight excluding hydrogens is 420 g/mol. The molecule has 1 N–H and O–H groups in total. The van der Waals surface area contributed by atoms with Gasteiger partial charge < -0.3 is 14.6 Å². The van der Waals surface area contributed by atoms with Crippen molar-refractivity contribution in [2.45, 2.75) is 35.1 Å². The Morgan fingerprint density at radius 2 is 2.00 bits per heavy atom. The molecule has 2 atom stereocenters. The van der Waals surface area contributed by atoms with Gasteiger partial charge in [0.2, 0.25) is 5.91 Å². The summed E-state index contributed by atoms with van der Waals surface area (Å²) >= 11 is -0.0126. The van der Waals surface area contributed by atoms with Crippen molar-refractivity contribution >= 4 is 33.6 Å². The third-order valence-corrected chi connectivity index (χ3v) is 7.09. The highest BCUT2D eigenvalue weighted by atomic mass is 32.2. The van der Waals surface area contributed by atoms with E-state index in [4.69, 9.17) is 4.74 Å². The Balaban J connectivity index is 1.53. The van der Waals surface area contributed by atoms with Crippen molar-refractivity contribution in [3.63, 3.8) is 0 Å². The summed E-state index contributed by atoms with van der Waals surface area (Å²) in [7, 11) is 0. The third kappa shape index (κ3) is 5.23. The van der Waals surface area contributed by atoms with Crippen molar-refractivity contribution in [1.82, 2.24) is 15.0 Å². The van der Waals surface area contributed by atoms with Gasteiger partial charge in [-0.15, -0.1) is 11.3 Å². The smallest absolute Gasteiger partial charge is 0.268 e. The molecule has 1 aliphatic heterocycles. The first kappa shape index (κ1) is 20.9. The number of thiazole rings is 1. The third-order valence-electron chi connectivity index (χ3n) is 5.11. The van der Waals surface area contributed by atoms with E-state index in [1.54, 1.807) is 24.5 Å². The first-order valence-corrected chi connectivity index (χ1v) is 11.8. The fourth-order valence-corrected chi connectivity index (χ4v) is 4.98. The minimum Gasteiger partial charge on any atom is -0.605 e. The fraction of sp³-hybridized carbons (Fsp3) is 0.333. The second kappa shape index (κ2) is 10.1. The molecule has 7 nitrogen and oxygen atoms in total. The molecule has 0 radical (unpaired) electrons. The summed E-state index contributed by atoms with van der Waals surface area (Å²) in [5, 5.41) is 5.77. The van der Waals surface area contributed by atoms with Gasteiger partial charge in [0.15, 0.2) is 10.0 Å². The van der Waals surface area contributed by atoms with Crippen LogP contribution in [0, 0.1) is 5.92 Å². The molecule has 1 saturated heterocycles. The summed E-state index contributed by atoms with van der Waals surface area (Å²) < 4.78 is 18.2. The molecule has 2 aromatic heterocycles. The molecular formula is C21H22N4O3S2. The Labute approximate surface area is 182 Å². The zero-order chi connectivity index (χ0) is 20.8. The second-order valence-corrected chi connectivity index (χ2v) is 9.37. The highest BCUT2D eigenvalue weighted by Crippen LogP contribution is 2.32. The molecule has 3 heterocycles. The lowest BCUT2D eigenvalue weighted by Crippen LogP contribution is -2.26. The van der Waals surface area contributed by atoms with Gasteiger partial charge in [0, 0.05) is 42.2 Å². The van der Waals surface area contributed by atoms with Crippen molar-refractivity contribution in [3.8, 4) is 0 Å². The zero-order valence-electron chi connectivity index (χ0n) is 16.3. The number of ether oxygens (including phenoxy) is 1. The van der Waals surface area contributed by atoms with Gasteiger partial charge in [-0.25, -0.2) is 9.97 Å². The van der Waals surface area contributed by atoms with Crippen LogP contribution in [0.2, 0.25) is 0 Å². The second-order valence-electron chi connectivity index (χ2n) is 7.05. The van der Waals surface area contributed by atoms with Gasteiger partial charge in [0.25, 0.3) is 5.03 Å². The van der Waals surface area contributed by atoms with Gasteiger partial charge in [-0.3, -0.25) is 9.78 Å². The number of rotatable bonds is 7. The maximum Gasteiger partial charge on any atom is 0.268 e. The average molecular weight is 443 g/mol. The minimum atomic E-state index is -1.41. The number of aromatic nitrogens is 3. The van der Waals surface area contributed by atoms with Crippen molar-refractivity contribution in [1.29, 1.82) is 0 Å². The number of amides is 1. The molecule has 0 spiro atoms. The molecule has 0 bridgehead atoms. The molecule has 3 aromatic rings. The maximum absolute atomic E-state index is 13.1. The largest absolute Gasteiger partial charge is 0.605 e. The molecule has 2 unspecified atom stereocenters. The molecule has 4 rings (SSSR count). The topological polar surface area (TPSA) is 100 Å². The number of hydrogen-bond donors (Lipinski definition) is 1. The molecule has 0 saturated carbocycles. The number of anilines is 1. The van der Waals surface area contributed by atoms with Crippen LogP contribution in [-0.2, 0) is 20.7 Å². The quantitative estimate of drug-likeness (QED) is 0.561. The molecule has 1 fully saturated rings. The van der Waals surface area contributed by atoms with Crippen LogP contribution in [0.3, 0.4) is 0 Å². The minimum absolute atomic E-state index is 0.0701. The van der Waals surface area contributed by atoms with Crippen molar-refractivity contribution in [2.24, 2.45) is 5.92 Å². The Bertz CT molecular complexity index is 933. The van der Waals surface area contributed by atoms with Crippen LogP contribution in [-0.4, -0.2) is 38.6 Å². The van der Waals surface area contributed by atoms with Crippen LogP contribution >= 0.6 is 11.3 Å². The maximum atomic E-state index is 13.1. The number of hydrogen-bond acceptors (Lipinski definition) is 7. The number of nitrogens with one attached hydrogen (secondary N) is 1. The van der Waals surface area contributed by atoms with E-state index in [1.807, 2.05) is 17.5 Å². The van der Waals surface area contributed by atoms with Gasteiger partial charge in [-0.05, 0) is 42.9 Å². The van der Waals surface area contributed by atoms with E-state index < -0.39 is 11.2 Å². The molecule has 1 aliphatic rings. The van der Waals surface area contributed by atoms with Gasteiger partial charge >= 0.3 is 0 Å². The summed E-state index contributed by atoms with van der Waals surface area (Å²) in [6.07, 6.45) is 8.89. The van der Waals surface area contributed by atoms with Crippen LogP contribution in [0.1, 0.15) is 30.7 Å². The number of carbonyl (C=O) groups is 1. The van der Waals surface area contributed by atoms with Gasteiger partial charge in [0.05, 0.1) is 12.1 Å². The normalized spacial score (nSPS) is 16.7. The first-order valence-electron chi connectivity index (χ1n) is 9.76. The van der Waals surface area contributed by atoms with Crippen LogP contribution in [0.25, 0.3) is 0 Å². The summed E-state index contributed by atoms with van der Waals surface area (Å²) in [5.41, 5.74) is 0.899. The SMILES string of the molecule is O=C(Nc1nccs1)C(CC1CCOCC1)c1ccc([S+]([O-])c2cnccn2)cc1. The molecule has 1 aromatic carbocycles. The highest BCUT2D eigenvalue weighted by molar-refractivity contribution is 7.91. The van der Waals surface area contributed by atoms with E-state index in [1.165, 1.54) is 23.7 Å². The van der Waals surface area contributed by atoms with Crippen LogP contribution in [0.15, 0.2) is 64.4 Å². The monoisotopic (exact) mass is 442 g/mol. The van der Waals surface area contributed by atoms with E-state index in [-0.39, 0.29) is 11.8 Å². The van der Waals surface area contributed by atoms with E-state index in [0.717, 1.165) is 38.0 Å². The molecule has 156 valence electrons. The summed E-state index contributed by atoms with van der Waals surface area (Å²) in [5.74, 6) is 0.0504. The lowest BCUT2D eigenvalue weighted by Gasteiger charge is -2.26. The van der Waals surface area contributed by atoms with Crippen molar-refractivity contribution < 1.29 is 14.1 Å². The van der Waals surface area contributed by atoms with E-state index >= 15 is 0 Å². The first-order chi connectivity index (χ1) is 14.7. The summed E-state index contributed by atoms with van der Waals surface area (Å²) in [6, 6.07) is 7.37. The van der Waals surface area contributed by atoms with Gasteiger partial charge in [-0.2, -0.15) is 0 Å². The number of carbonyl (C=O) groups excluding carboxylic acids is 1. The van der Waals surface area contributed by atoms with E-state index in [0.29, 0.717) is 21.0 Å². The van der Waals surface area contributed by atoms with Gasteiger partial charge in [0.1, 0.15) is 6.20 Å². The Morgan fingerprint density at radius 1 is 1.20 bits per heavy atom. The molecule has 1 amide bonds. The van der Waals surface area contributed by atoms with Gasteiger partial charge in [-0.1, -0.05) is 12.1 Å². The zero-order valence-corrected chi connectivity index (χ0v) is 17.9. The lowest BCUT2D eigenvalue weighted by atomic mass is 9.84. The highest BCUT2D eigenvalue weighted by Gasteiger charge is 2.27. The van der Waals surface area contributed by atoms with Crippen LogP contribution in [0.5, 0.6) is 0 Å². The Hall–Kier alpha value is -2.33. The predicted octanol–water partition coefficient (Wildman–Crippen LogP) is 3.64. The van der Waals surface area contributed by atoms with Crippen LogP contribution < -0.4 is 5.32 Å². The van der Waals surface area contributed by atoms with E-state index in [9.17, 15) is 9.35 Å².